The second-order valence-corrected chi connectivity index (χ2v) is 6.90. The van der Waals surface area contributed by atoms with Crippen LogP contribution in [0.5, 0.6) is 5.75 Å². The fraction of sp³-hybridized carbons (Fsp3) is 0.429. The Morgan fingerprint density at radius 2 is 1.79 bits per heavy atom. The predicted molar refractivity (Wildman–Crippen MR) is 107 cm³/mol. The van der Waals surface area contributed by atoms with Gasteiger partial charge >= 0.3 is 0 Å². The Bertz CT molecular complexity index is 821. The van der Waals surface area contributed by atoms with Gasteiger partial charge in [-0.15, -0.1) is 0 Å². The van der Waals surface area contributed by atoms with E-state index in [4.69, 9.17) is 9.15 Å². The number of carbonyl (C=O) groups excluding carboxylic acids is 2. The van der Waals surface area contributed by atoms with Crippen LogP contribution < -0.4 is 15.0 Å². The van der Waals surface area contributed by atoms with E-state index in [9.17, 15) is 9.59 Å². The Labute approximate surface area is 165 Å². The van der Waals surface area contributed by atoms with Crippen LogP contribution in [0.25, 0.3) is 0 Å². The van der Waals surface area contributed by atoms with Gasteiger partial charge in [0.1, 0.15) is 17.3 Å². The van der Waals surface area contributed by atoms with E-state index in [1.807, 2.05) is 29.2 Å². The molecule has 0 bridgehead atoms. The molecule has 1 aromatic heterocycles. The molecule has 0 atom stereocenters. The van der Waals surface area contributed by atoms with Crippen LogP contribution in [0, 0.1) is 13.8 Å². The molecule has 1 N–H and O–H groups in total. The molecule has 3 rings (SSSR count). The van der Waals surface area contributed by atoms with Gasteiger partial charge in [0, 0.05) is 44.8 Å². The van der Waals surface area contributed by atoms with Crippen LogP contribution in [-0.4, -0.2) is 56.5 Å². The van der Waals surface area contributed by atoms with E-state index in [2.05, 4.69) is 10.2 Å². The Balaban J connectivity index is 1.42. The zero-order valence-electron chi connectivity index (χ0n) is 16.7. The number of aryl methyl sites for hydroxylation is 2. The molecule has 0 aliphatic carbocycles. The average molecular weight is 385 g/mol. The van der Waals surface area contributed by atoms with Crippen LogP contribution in [0.2, 0.25) is 0 Å². The van der Waals surface area contributed by atoms with Crippen LogP contribution in [0.4, 0.5) is 5.69 Å². The first kappa shape index (κ1) is 19.8. The highest BCUT2D eigenvalue weighted by Crippen LogP contribution is 2.20. The summed E-state index contributed by atoms with van der Waals surface area (Å²) in [5.41, 5.74) is 1.66. The first-order valence-corrected chi connectivity index (χ1v) is 9.50. The van der Waals surface area contributed by atoms with Crippen molar-refractivity contribution in [3.8, 4) is 5.75 Å². The SMILES string of the molecule is COc1ccc(N2CCN(C(=O)CCNC(=O)c3cc(C)oc3C)CC2)cc1. The molecule has 1 aromatic carbocycles. The maximum absolute atomic E-state index is 12.4. The molecule has 1 aliphatic heterocycles. The fourth-order valence-electron chi connectivity index (χ4n) is 3.40. The maximum atomic E-state index is 12.4. The van der Waals surface area contributed by atoms with Crippen molar-refractivity contribution in [3.05, 3.63) is 47.4 Å². The molecule has 150 valence electrons. The molecule has 1 fully saturated rings. The number of hydrogen-bond acceptors (Lipinski definition) is 5. The number of ether oxygens (including phenoxy) is 1. The third-order valence-corrected chi connectivity index (χ3v) is 4.98. The second-order valence-electron chi connectivity index (χ2n) is 6.90. The Kier molecular flexibility index (Phi) is 6.23. The van der Waals surface area contributed by atoms with Crippen LogP contribution in [0.15, 0.2) is 34.7 Å². The molecule has 7 heteroatoms. The lowest BCUT2D eigenvalue weighted by Crippen LogP contribution is -2.49. The van der Waals surface area contributed by atoms with Gasteiger partial charge in [-0.2, -0.15) is 0 Å². The molecule has 2 heterocycles. The van der Waals surface area contributed by atoms with Crippen molar-refractivity contribution in [1.82, 2.24) is 10.2 Å². The number of piperazine rings is 1. The highest BCUT2D eigenvalue weighted by atomic mass is 16.5. The molecule has 2 amide bonds. The summed E-state index contributed by atoms with van der Waals surface area (Å²) in [6.07, 6.45) is 0.296. The molecule has 0 unspecified atom stereocenters. The predicted octanol–water partition coefficient (Wildman–Crippen LogP) is 2.37. The average Bonchev–Trinajstić information content (AvgIpc) is 3.06. The normalized spacial score (nSPS) is 14.1. The smallest absolute Gasteiger partial charge is 0.254 e. The summed E-state index contributed by atoms with van der Waals surface area (Å²) >= 11 is 0. The zero-order valence-corrected chi connectivity index (χ0v) is 16.7. The Morgan fingerprint density at radius 1 is 1.11 bits per heavy atom. The monoisotopic (exact) mass is 385 g/mol. The van der Waals surface area contributed by atoms with Crippen molar-refractivity contribution < 1.29 is 18.7 Å². The molecule has 1 aliphatic rings. The minimum Gasteiger partial charge on any atom is -0.497 e. The van der Waals surface area contributed by atoms with Crippen molar-refractivity contribution in [2.45, 2.75) is 20.3 Å². The van der Waals surface area contributed by atoms with Gasteiger partial charge in [0.2, 0.25) is 5.91 Å². The van der Waals surface area contributed by atoms with Gasteiger partial charge in [0.15, 0.2) is 0 Å². The summed E-state index contributed by atoms with van der Waals surface area (Å²) in [7, 11) is 1.65. The quantitative estimate of drug-likeness (QED) is 0.826. The number of rotatable bonds is 6. The van der Waals surface area contributed by atoms with E-state index in [1.165, 1.54) is 0 Å². The molecular weight excluding hydrogens is 358 g/mol. The van der Waals surface area contributed by atoms with E-state index in [0.717, 1.165) is 24.5 Å². The minimum absolute atomic E-state index is 0.0646. The molecule has 7 nitrogen and oxygen atoms in total. The van der Waals surface area contributed by atoms with Crippen molar-refractivity contribution in [2.75, 3.05) is 44.7 Å². The number of anilines is 1. The molecule has 0 radical (unpaired) electrons. The summed E-state index contributed by atoms with van der Waals surface area (Å²) in [6.45, 7) is 6.82. The largest absolute Gasteiger partial charge is 0.497 e. The van der Waals surface area contributed by atoms with E-state index < -0.39 is 0 Å². The molecule has 0 saturated carbocycles. The Hall–Kier alpha value is -2.96. The van der Waals surface area contributed by atoms with Crippen molar-refractivity contribution in [2.24, 2.45) is 0 Å². The summed E-state index contributed by atoms with van der Waals surface area (Å²) in [6, 6.07) is 9.67. The summed E-state index contributed by atoms with van der Waals surface area (Å²) in [4.78, 5) is 28.7. The number of furan rings is 1. The maximum Gasteiger partial charge on any atom is 0.254 e. The van der Waals surface area contributed by atoms with Crippen LogP contribution >= 0.6 is 0 Å². The lowest BCUT2D eigenvalue weighted by molar-refractivity contribution is -0.131. The van der Waals surface area contributed by atoms with Crippen molar-refractivity contribution >= 4 is 17.5 Å². The van der Waals surface area contributed by atoms with E-state index in [0.29, 0.717) is 43.1 Å². The van der Waals surface area contributed by atoms with Crippen molar-refractivity contribution in [1.29, 1.82) is 0 Å². The summed E-state index contributed by atoms with van der Waals surface area (Å²) in [5, 5.41) is 2.80. The number of carbonyl (C=O) groups is 2. The number of methoxy groups -OCH3 is 1. The first-order chi connectivity index (χ1) is 13.5. The summed E-state index contributed by atoms with van der Waals surface area (Å²) in [5.74, 6) is 1.99. The standard InChI is InChI=1S/C21H27N3O4/c1-15-14-19(16(2)28-15)21(26)22-9-8-20(25)24-12-10-23(11-13-24)17-4-6-18(27-3)7-5-17/h4-7,14H,8-13H2,1-3H3,(H,22,26). The fourth-order valence-corrected chi connectivity index (χ4v) is 3.40. The number of nitrogens with one attached hydrogen (secondary N) is 1. The van der Waals surface area contributed by atoms with Gasteiger partial charge in [0.05, 0.1) is 12.7 Å². The Morgan fingerprint density at radius 3 is 2.36 bits per heavy atom. The lowest BCUT2D eigenvalue weighted by Gasteiger charge is -2.36. The molecule has 2 aromatic rings. The minimum atomic E-state index is -0.202. The van der Waals surface area contributed by atoms with E-state index in [-0.39, 0.29) is 11.8 Å². The topological polar surface area (TPSA) is 75.0 Å². The number of amides is 2. The molecule has 1 saturated heterocycles. The third-order valence-electron chi connectivity index (χ3n) is 4.98. The third kappa shape index (κ3) is 4.65. The molecule has 28 heavy (non-hydrogen) atoms. The number of nitrogens with zero attached hydrogens (tertiary/aromatic N) is 2. The van der Waals surface area contributed by atoms with Gasteiger partial charge < -0.3 is 24.3 Å². The number of benzene rings is 1. The van der Waals surface area contributed by atoms with Gasteiger partial charge in [-0.25, -0.2) is 0 Å². The zero-order chi connectivity index (χ0) is 20.1. The van der Waals surface area contributed by atoms with Gasteiger partial charge in [-0.1, -0.05) is 0 Å². The van der Waals surface area contributed by atoms with E-state index in [1.54, 1.807) is 27.0 Å². The van der Waals surface area contributed by atoms with Gasteiger partial charge in [0.25, 0.3) is 5.91 Å². The van der Waals surface area contributed by atoms with Gasteiger partial charge in [-0.3, -0.25) is 9.59 Å². The summed E-state index contributed by atoms with van der Waals surface area (Å²) < 4.78 is 10.6. The second kappa shape index (κ2) is 8.82. The lowest BCUT2D eigenvalue weighted by atomic mass is 10.2. The highest BCUT2D eigenvalue weighted by molar-refractivity contribution is 5.95. The van der Waals surface area contributed by atoms with Crippen LogP contribution in [0.3, 0.4) is 0 Å². The highest BCUT2D eigenvalue weighted by Gasteiger charge is 2.21. The van der Waals surface area contributed by atoms with E-state index >= 15 is 0 Å². The van der Waals surface area contributed by atoms with Crippen molar-refractivity contribution in [3.63, 3.8) is 0 Å². The van der Waals surface area contributed by atoms with Crippen LogP contribution in [0.1, 0.15) is 28.3 Å². The molecular formula is C21H27N3O4. The van der Waals surface area contributed by atoms with Crippen LogP contribution in [-0.2, 0) is 4.79 Å². The number of hydrogen-bond donors (Lipinski definition) is 1. The van der Waals surface area contributed by atoms with Gasteiger partial charge in [-0.05, 0) is 44.2 Å². The molecule has 0 spiro atoms. The first-order valence-electron chi connectivity index (χ1n) is 9.50.